The fourth-order valence-corrected chi connectivity index (χ4v) is 4.03. The number of aryl methyl sites for hydroxylation is 1. The molecule has 6 heteroatoms. The fourth-order valence-electron chi connectivity index (χ4n) is 4.03. The average Bonchev–Trinajstić information content (AvgIpc) is 3.10. The lowest BCUT2D eigenvalue weighted by atomic mass is 9.89. The Bertz CT molecular complexity index is 1230. The van der Waals surface area contributed by atoms with Crippen molar-refractivity contribution >= 4 is 16.6 Å². The van der Waals surface area contributed by atoms with Gasteiger partial charge >= 0.3 is 5.63 Å². The maximum absolute atomic E-state index is 12.7. The first-order valence-electron chi connectivity index (χ1n) is 9.65. The van der Waals surface area contributed by atoms with Crippen molar-refractivity contribution in [1.82, 2.24) is 19.3 Å². The van der Waals surface area contributed by atoms with E-state index in [2.05, 4.69) is 34.0 Å². The molecule has 0 radical (unpaired) electrons. The van der Waals surface area contributed by atoms with Crippen LogP contribution in [0.5, 0.6) is 0 Å². The summed E-state index contributed by atoms with van der Waals surface area (Å²) in [4.78, 5) is 23.8. The number of aromatic nitrogens is 3. The standard InChI is InChI=1S/C22H22N4O2/c1-14-12-26-13-19(24-21(26)11-23-14)18-9-17-4-3-16(10-20(17)28-22(18)27)15-5-7-25(2)8-6-15/h3-4,9-13,15H,5-8H2,1-2H3. The molecule has 1 saturated heterocycles. The maximum atomic E-state index is 12.7. The van der Waals surface area contributed by atoms with Crippen LogP contribution in [0, 0.1) is 6.92 Å². The summed E-state index contributed by atoms with van der Waals surface area (Å²) >= 11 is 0. The van der Waals surface area contributed by atoms with Gasteiger partial charge in [0, 0.05) is 17.8 Å². The number of nitrogens with zero attached hydrogens (tertiary/aromatic N) is 4. The van der Waals surface area contributed by atoms with Crippen LogP contribution >= 0.6 is 0 Å². The SMILES string of the molecule is Cc1cn2cc(-c3cc4ccc(C5CCN(C)CC5)cc4oc3=O)nc2cn1. The van der Waals surface area contributed by atoms with E-state index in [1.165, 1.54) is 5.56 Å². The summed E-state index contributed by atoms with van der Waals surface area (Å²) < 4.78 is 7.57. The molecule has 28 heavy (non-hydrogen) atoms. The molecule has 6 nitrogen and oxygen atoms in total. The van der Waals surface area contributed by atoms with E-state index in [4.69, 9.17) is 4.42 Å². The van der Waals surface area contributed by atoms with Crippen LogP contribution in [0.25, 0.3) is 27.9 Å². The molecule has 3 aromatic heterocycles. The van der Waals surface area contributed by atoms with Crippen LogP contribution in [-0.4, -0.2) is 39.4 Å². The molecule has 0 N–H and O–H groups in total. The molecule has 1 aliphatic rings. The van der Waals surface area contributed by atoms with E-state index in [-0.39, 0.29) is 5.63 Å². The lowest BCUT2D eigenvalue weighted by Gasteiger charge is -2.29. The summed E-state index contributed by atoms with van der Waals surface area (Å²) in [7, 11) is 2.16. The molecule has 0 aliphatic carbocycles. The Kier molecular flexibility index (Phi) is 4.02. The Labute approximate surface area is 162 Å². The molecule has 142 valence electrons. The van der Waals surface area contributed by atoms with Gasteiger partial charge in [-0.15, -0.1) is 0 Å². The quantitative estimate of drug-likeness (QED) is 0.502. The van der Waals surface area contributed by atoms with Gasteiger partial charge in [0.25, 0.3) is 0 Å². The minimum atomic E-state index is -0.360. The summed E-state index contributed by atoms with van der Waals surface area (Å²) in [6.07, 6.45) is 7.71. The number of piperidine rings is 1. The van der Waals surface area contributed by atoms with Gasteiger partial charge in [-0.05, 0) is 63.5 Å². The minimum absolute atomic E-state index is 0.360. The predicted octanol–water partition coefficient (Wildman–Crippen LogP) is 3.62. The van der Waals surface area contributed by atoms with Gasteiger partial charge in [-0.2, -0.15) is 0 Å². The Morgan fingerprint density at radius 1 is 1.14 bits per heavy atom. The number of hydrogen-bond acceptors (Lipinski definition) is 5. The summed E-state index contributed by atoms with van der Waals surface area (Å²) in [6.45, 7) is 4.13. The van der Waals surface area contributed by atoms with Crippen LogP contribution in [0.15, 0.2) is 52.1 Å². The highest BCUT2D eigenvalue weighted by atomic mass is 16.4. The second-order valence-corrected chi connectivity index (χ2v) is 7.74. The molecule has 0 saturated carbocycles. The molecular formula is C22H22N4O2. The van der Waals surface area contributed by atoms with E-state index in [0.29, 0.717) is 28.4 Å². The largest absolute Gasteiger partial charge is 0.422 e. The van der Waals surface area contributed by atoms with E-state index in [1.807, 2.05) is 35.9 Å². The van der Waals surface area contributed by atoms with Gasteiger partial charge in [-0.1, -0.05) is 12.1 Å². The summed E-state index contributed by atoms with van der Waals surface area (Å²) in [5, 5.41) is 0.914. The average molecular weight is 374 g/mol. The normalized spacial score (nSPS) is 16.2. The minimum Gasteiger partial charge on any atom is -0.422 e. The summed E-state index contributed by atoms with van der Waals surface area (Å²) in [5.41, 5.74) is 4.21. The third-order valence-corrected chi connectivity index (χ3v) is 5.70. The molecule has 1 aliphatic heterocycles. The van der Waals surface area contributed by atoms with Crippen molar-refractivity contribution in [2.45, 2.75) is 25.7 Å². The lowest BCUT2D eigenvalue weighted by Crippen LogP contribution is -2.29. The van der Waals surface area contributed by atoms with Crippen molar-refractivity contribution in [2.24, 2.45) is 0 Å². The Balaban J connectivity index is 1.55. The van der Waals surface area contributed by atoms with Crippen molar-refractivity contribution in [3.63, 3.8) is 0 Å². The zero-order valence-electron chi connectivity index (χ0n) is 16.1. The third-order valence-electron chi connectivity index (χ3n) is 5.70. The fraction of sp³-hybridized carbons (Fsp3) is 0.318. The number of benzene rings is 1. The van der Waals surface area contributed by atoms with E-state index in [9.17, 15) is 4.79 Å². The monoisotopic (exact) mass is 374 g/mol. The van der Waals surface area contributed by atoms with Crippen molar-refractivity contribution in [3.8, 4) is 11.3 Å². The third kappa shape index (κ3) is 2.99. The molecule has 5 rings (SSSR count). The van der Waals surface area contributed by atoms with E-state index < -0.39 is 0 Å². The van der Waals surface area contributed by atoms with E-state index >= 15 is 0 Å². The highest BCUT2D eigenvalue weighted by Crippen LogP contribution is 2.30. The number of rotatable bonds is 2. The van der Waals surface area contributed by atoms with Crippen LogP contribution < -0.4 is 5.63 Å². The Morgan fingerprint density at radius 2 is 1.96 bits per heavy atom. The first kappa shape index (κ1) is 17.1. The van der Waals surface area contributed by atoms with E-state index in [1.54, 1.807) is 6.20 Å². The molecule has 0 unspecified atom stereocenters. The van der Waals surface area contributed by atoms with Gasteiger partial charge < -0.3 is 13.7 Å². The van der Waals surface area contributed by atoms with Crippen molar-refractivity contribution < 1.29 is 4.42 Å². The van der Waals surface area contributed by atoms with Gasteiger partial charge in [0.05, 0.1) is 23.1 Å². The first-order chi connectivity index (χ1) is 13.6. The number of imidazole rings is 1. The molecule has 4 heterocycles. The smallest absolute Gasteiger partial charge is 0.345 e. The molecule has 1 fully saturated rings. The van der Waals surface area contributed by atoms with Gasteiger partial charge in [0.1, 0.15) is 5.58 Å². The molecule has 0 amide bonds. The number of fused-ring (bicyclic) bond motifs is 2. The van der Waals surface area contributed by atoms with E-state index in [0.717, 1.165) is 37.0 Å². The van der Waals surface area contributed by atoms with Crippen LogP contribution in [0.4, 0.5) is 0 Å². The van der Waals surface area contributed by atoms with Crippen LogP contribution in [-0.2, 0) is 0 Å². The number of hydrogen-bond donors (Lipinski definition) is 0. The first-order valence-corrected chi connectivity index (χ1v) is 9.65. The second kappa shape index (κ2) is 6.56. The van der Waals surface area contributed by atoms with Crippen molar-refractivity contribution in [1.29, 1.82) is 0 Å². The lowest BCUT2D eigenvalue weighted by molar-refractivity contribution is 0.255. The maximum Gasteiger partial charge on any atom is 0.345 e. The highest BCUT2D eigenvalue weighted by molar-refractivity contribution is 5.82. The molecule has 0 spiro atoms. The van der Waals surface area contributed by atoms with Crippen LogP contribution in [0.1, 0.15) is 30.0 Å². The van der Waals surface area contributed by atoms with Crippen LogP contribution in [0.2, 0.25) is 0 Å². The molecule has 1 aromatic carbocycles. The topological polar surface area (TPSA) is 63.6 Å². The second-order valence-electron chi connectivity index (χ2n) is 7.74. The summed E-state index contributed by atoms with van der Waals surface area (Å²) in [5.74, 6) is 0.528. The van der Waals surface area contributed by atoms with Gasteiger partial charge in [-0.3, -0.25) is 4.98 Å². The zero-order chi connectivity index (χ0) is 19.3. The summed E-state index contributed by atoms with van der Waals surface area (Å²) in [6, 6.07) is 8.13. The highest BCUT2D eigenvalue weighted by Gasteiger charge is 2.19. The zero-order valence-corrected chi connectivity index (χ0v) is 16.1. The molecule has 4 aromatic rings. The Morgan fingerprint density at radius 3 is 2.79 bits per heavy atom. The molecule has 0 bridgehead atoms. The van der Waals surface area contributed by atoms with Crippen LogP contribution in [0.3, 0.4) is 0 Å². The Hall–Kier alpha value is -2.99. The van der Waals surface area contributed by atoms with Crippen molar-refractivity contribution in [3.05, 3.63) is 64.5 Å². The predicted molar refractivity (Wildman–Crippen MR) is 109 cm³/mol. The molecular weight excluding hydrogens is 352 g/mol. The molecule has 0 atom stereocenters. The van der Waals surface area contributed by atoms with Gasteiger partial charge in [-0.25, -0.2) is 9.78 Å². The van der Waals surface area contributed by atoms with Gasteiger partial charge in [0.2, 0.25) is 0 Å². The van der Waals surface area contributed by atoms with Crippen molar-refractivity contribution in [2.75, 3.05) is 20.1 Å². The number of likely N-dealkylation sites (tertiary alicyclic amines) is 1. The van der Waals surface area contributed by atoms with Gasteiger partial charge in [0.15, 0.2) is 5.65 Å².